The van der Waals surface area contributed by atoms with E-state index in [9.17, 15) is 4.79 Å². The van der Waals surface area contributed by atoms with Crippen LogP contribution in [0.2, 0.25) is 0 Å². The normalized spacial score (nSPS) is 10.4. The molecule has 0 aliphatic carbocycles. The molecule has 138 valence electrons. The van der Waals surface area contributed by atoms with Crippen LogP contribution in [0.1, 0.15) is 31.3 Å². The highest BCUT2D eigenvalue weighted by Crippen LogP contribution is 2.20. The van der Waals surface area contributed by atoms with E-state index in [2.05, 4.69) is 29.6 Å². The largest absolute Gasteiger partial charge is 0.489 e. The number of ether oxygens (including phenoxy) is 1. The highest BCUT2D eigenvalue weighted by atomic mass is 35.5. The molecule has 0 fully saturated rings. The third-order valence-corrected chi connectivity index (χ3v) is 3.33. The van der Waals surface area contributed by atoms with Crippen molar-refractivity contribution in [3.8, 4) is 11.4 Å². The van der Waals surface area contributed by atoms with Crippen LogP contribution in [-0.2, 0) is 0 Å². The molecular weight excluding hydrogens is 340 g/mol. The molecule has 0 bridgehead atoms. The zero-order valence-corrected chi connectivity index (χ0v) is 15.8. The van der Waals surface area contributed by atoms with Gasteiger partial charge in [0.15, 0.2) is 11.4 Å². The fourth-order valence-electron chi connectivity index (χ4n) is 2.12. The Morgan fingerprint density at radius 3 is 2.60 bits per heavy atom. The van der Waals surface area contributed by atoms with Crippen molar-refractivity contribution in [1.82, 2.24) is 20.4 Å². The summed E-state index contributed by atoms with van der Waals surface area (Å²) in [5, 5.41) is 10.5. The summed E-state index contributed by atoms with van der Waals surface area (Å²) in [7, 11) is 0. The number of nitrogens with one attached hydrogen (secondary N) is 2. The van der Waals surface area contributed by atoms with Gasteiger partial charge in [0.1, 0.15) is 0 Å². The standard InChI is InChI=1S/C18H26N4O2.ClH/c1-4-19-10-11-20-18(23)17-16(24-13-14(2)3)12-22(21-17)15-8-6-5-7-9-15;/h5-9,12,14,19H,4,10-11,13H2,1-3H3,(H,20,23);1H. The highest BCUT2D eigenvalue weighted by Gasteiger charge is 2.19. The predicted octanol–water partition coefficient (Wildman–Crippen LogP) is 2.67. The third kappa shape index (κ3) is 6.40. The van der Waals surface area contributed by atoms with Crippen molar-refractivity contribution in [2.45, 2.75) is 20.8 Å². The first-order chi connectivity index (χ1) is 11.6. The van der Waals surface area contributed by atoms with E-state index in [4.69, 9.17) is 4.74 Å². The molecule has 7 heteroatoms. The Balaban J connectivity index is 0.00000312. The molecule has 1 aromatic carbocycles. The van der Waals surface area contributed by atoms with Crippen LogP contribution in [0.5, 0.6) is 5.75 Å². The molecule has 0 spiro atoms. The van der Waals surface area contributed by atoms with Crippen molar-refractivity contribution in [3.63, 3.8) is 0 Å². The first kappa shape index (κ1) is 21.0. The summed E-state index contributed by atoms with van der Waals surface area (Å²) in [4.78, 5) is 12.4. The van der Waals surface area contributed by atoms with Crippen molar-refractivity contribution in [3.05, 3.63) is 42.2 Å². The molecule has 1 aromatic heterocycles. The molecule has 0 saturated carbocycles. The van der Waals surface area contributed by atoms with Gasteiger partial charge in [0.2, 0.25) is 0 Å². The zero-order valence-electron chi connectivity index (χ0n) is 15.0. The summed E-state index contributed by atoms with van der Waals surface area (Å²) in [5.41, 5.74) is 1.20. The first-order valence-corrected chi connectivity index (χ1v) is 8.38. The number of para-hydroxylation sites is 1. The topological polar surface area (TPSA) is 68.2 Å². The summed E-state index contributed by atoms with van der Waals surface area (Å²) >= 11 is 0. The molecule has 25 heavy (non-hydrogen) atoms. The van der Waals surface area contributed by atoms with Gasteiger partial charge in [0.05, 0.1) is 18.5 Å². The van der Waals surface area contributed by atoms with Gasteiger partial charge >= 0.3 is 0 Å². The van der Waals surface area contributed by atoms with Crippen LogP contribution >= 0.6 is 12.4 Å². The number of likely N-dealkylation sites (N-methyl/N-ethyl adjacent to an activating group) is 1. The van der Waals surface area contributed by atoms with Gasteiger partial charge in [-0.25, -0.2) is 4.68 Å². The molecule has 1 amide bonds. The van der Waals surface area contributed by atoms with Crippen molar-refractivity contribution in [2.75, 3.05) is 26.2 Å². The number of hydrogen-bond acceptors (Lipinski definition) is 4. The molecule has 0 radical (unpaired) electrons. The highest BCUT2D eigenvalue weighted by molar-refractivity contribution is 5.94. The Kier molecular flexibility index (Phi) is 9.02. The van der Waals surface area contributed by atoms with Crippen LogP contribution in [0, 0.1) is 5.92 Å². The van der Waals surface area contributed by atoms with E-state index >= 15 is 0 Å². The van der Waals surface area contributed by atoms with Gasteiger partial charge in [-0.3, -0.25) is 4.79 Å². The number of aromatic nitrogens is 2. The van der Waals surface area contributed by atoms with Crippen molar-refractivity contribution < 1.29 is 9.53 Å². The lowest BCUT2D eigenvalue weighted by molar-refractivity contribution is 0.0944. The maximum atomic E-state index is 12.4. The lowest BCUT2D eigenvalue weighted by atomic mass is 10.2. The van der Waals surface area contributed by atoms with E-state index in [-0.39, 0.29) is 18.3 Å². The second-order valence-electron chi connectivity index (χ2n) is 5.94. The molecule has 0 saturated heterocycles. The summed E-state index contributed by atoms with van der Waals surface area (Å²) < 4.78 is 7.47. The minimum absolute atomic E-state index is 0. The van der Waals surface area contributed by atoms with Gasteiger partial charge < -0.3 is 15.4 Å². The SMILES string of the molecule is CCNCCNC(=O)c1nn(-c2ccccc2)cc1OCC(C)C.Cl. The quantitative estimate of drug-likeness (QED) is 0.669. The van der Waals surface area contributed by atoms with Crippen LogP contribution in [-0.4, -0.2) is 41.9 Å². The number of halogens is 1. The van der Waals surface area contributed by atoms with Gasteiger partial charge in [-0.2, -0.15) is 5.10 Å². The van der Waals surface area contributed by atoms with Gasteiger partial charge in [0, 0.05) is 13.1 Å². The minimum atomic E-state index is -0.221. The van der Waals surface area contributed by atoms with Gasteiger partial charge in [-0.1, -0.05) is 39.0 Å². The van der Waals surface area contributed by atoms with Crippen molar-refractivity contribution in [1.29, 1.82) is 0 Å². The Morgan fingerprint density at radius 2 is 1.96 bits per heavy atom. The molecule has 2 rings (SSSR count). The first-order valence-electron chi connectivity index (χ1n) is 8.38. The molecule has 6 nitrogen and oxygen atoms in total. The number of nitrogens with zero attached hydrogens (tertiary/aromatic N) is 2. The zero-order chi connectivity index (χ0) is 17.4. The number of carbonyl (C=O) groups is 1. The van der Waals surface area contributed by atoms with E-state index in [0.29, 0.717) is 30.5 Å². The molecule has 2 aromatic rings. The maximum absolute atomic E-state index is 12.4. The van der Waals surface area contributed by atoms with Crippen molar-refractivity contribution in [2.24, 2.45) is 5.92 Å². The second-order valence-corrected chi connectivity index (χ2v) is 5.94. The number of hydrogen-bond donors (Lipinski definition) is 2. The summed E-state index contributed by atoms with van der Waals surface area (Å²) in [5.74, 6) is 0.657. The summed E-state index contributed by atoms with van der Waals surface area (Å²) in [6, 6.07) is 9.68. The Hall–Kier alpha value is -2.05. The average Bonchev–Trinajstić information content (AvgIpc) is 3.02. The minimum Gasteiger partial charge on any atom is -0.489 e. The van der Waals surface area contributed by atoms with E-state index in [0.717, 1.165) is 18.8 Å². The van der Waals surface area contributed by atoms with Gasteiger partial charge in [-0.15, -0.1) is 12.4 Å². The van der Waals surface area contributed by atoms with Gasteiger partial charge in [0.25, 0.3) is 5.91 Å². The smallest absolute Gasteiger partial charge is 0.275 e. The lowest BCUT2D eigenvalue weighted by Crippen LogP contribution is -2.32. The fraction of sp³-hybridized carbons (Fsp3) is 0.444. The molecular formula is C18H27ClN4O2. The summed E-state index contributed by atoms with van der Waals surface area (Å²) in [6.07, 6.45) is 1.76. The van der Waals surface area contributed by atoms with Crippen molar-refractivity contribution >= 4 is 18.3 Å². The number of benzene rings is 1. The monoisotopic (exact) mass is 366 g/mol. The molecule has 1 heterocycles. The predicted molar refractivity (Wildman–Crippen MR) is 102 cm³/mol. The molecule has 0 aliphatic rings. The van der Waals surface area contributed by atoms with E-state index in [1.54, 1.807) is 10.9 Å². The third-order valence-electron chi connectivity index (χ3n) is 3.33. The Bertz CT molecular complexity index is 644. The van der Waals surface area contributed by atoms with Crippen LogP contribution in [0.25, 0.3) is 5.69 Å². The van der Waals surface area contributed by atoms with E-state index in [1.165, 1.54) is 0 Å². The lowest BCUT2D eigenvalue weighted by Gasteiger charge is -2.08. The Labute approximate surface area is 155 Å². The van der Waals surface area contributed by atoms with Gasteiger partial charge in [-0.05, 0) is 24.6 Å². The van der Waals surface area contributed by atoms with E-state index in [1.807, 2.05) is 37.3 Å². The van der Waals surface area contributed by atoms with Crippen LogP contribution in [0.3, 0.4) is 0 Å². The average molecular weight is 367 g/mol. The van der Waals surface area contributed by atoms with Crippen LogP contribution in [0.4, 0.5) is 0 Å². The van der Waals surface area contributed by atoms with Crippen LogP contribution in [0.15, 0.2) is 36.5 Å². The maximum Gasteiger partial charge on any atom is 0.275 e. The summed E-state index contributed by atoms with van der Waals surface area (Å²) in [6.45, 7) is 8.86. The second kappa shape index (κ2) is 10.7. The van der Waals surface area contributed by atoms with Crippen LogP contribution < -0.4 is 15.4 Å². The Morgan fingerprint density at radius 1 is 1.24 bits per heavy atom. The molecule has 0 atom stereocenters. The fourth-order valence-corrected chi connectivity index (χ4v) is 2.12. The number of carbonyl (C=O) groups excluding carboxylic acids is 1. The number of amides is 1. The number of rotatable bonds is 9. The molecule has 2 N–H and O–H groups in total. The molecule has 0 aliphatic heterocycles. The van der Waals surface area contributed by atoms with E-state index < -0.39 is 0 Å². The molecule has 0 unspecified atom stereocenters.